The van der Waals surface area contributed by atoms with Crippen LogP contribution in [-0.2, 0) is 0 Å². The molecule has 0 fully saturated rings. The lowest BCUT2D eigenvalue weighted by Gasteiger charge is -2.13. The number of hydrogen-bond donors (Lipinski definition) is 0. The molecule has 0 radical (unpaired) electrons. The number of para-hydroxylation sites is 3. The van der Waals surface area contributed by atoms with Gasteiger partial charge in [-0.1, -0.05) is 30.3 Å². The minimum atomic E-state index is 0.743. The maximum Gasteiger partial charge on any atom is 0.223 e. The fourth-order valence-corrected chi connectivity index (χ4v) is 4.60. The van der Waals surface area contributed by atoms with Gasteiger partial charge in [-0.3, -0.25) is 13.5 Å². The molecule has 6 rings (SSSR count). The van der Waals surface area contributed by atoms with E-state index in [4.69, 9.17) is 9.97 Å². The van der Waals surface area contributed by atoms with Crippen molar-refractivity contribution in [3.63, 3.8) is 0 Å². The molecule has 4 heterocycles. The minimum Gasteiger partial charge on any atom is -0.298 e. The molecule has 6 nitrogen and oxygen atoms in total. The Balaban J connectivity index is 0.00000111. The van der Waals surface area contributed by atoms with Crippen molar-refractivity contribution in [2.45, 2.75) is 27.7 Å². The van der Waals surface area contributed by atoms with Crippen LogP contribution in [0.3, 0.4) is 0 Å². The molecule has 0 aliphatic rings. The zero-order valence-electron chi connectivity index (χ0n) is 19.4. The van der Waals surface area contributed by atoms with Crippen molar-refractivity contribution in [2.24, 2.45) is 0 Å². The Morgan fingerprint density at radius 1 is 0.697 bits per heavy atom. The molecule has 0 aliphatic carbocycles. The molecule has 0 aliphatic heterocycles. The number of hydrogen-bond acceptors (Lipinski definition) is 3. The molecule has 6 heteroatoms. The van der Waals surface area contributed by atoms with Crippen molar-refractivity contribution >= 4 is 27.8 Å². The average molecular weight is 435 g/mol. The fourth-order valence-electron chi connectivity index (χ4n) is 4.60. The predicted octanol–water partition coefficient (Wildman–Crippen LogP) is 6.05. The maximum absolute atomic E-state index is 5.11. The van der Waals surface area contributed by atoms with Crippen molar-refractivity contribution in [1.82, 2.24) is 28.5 Å². The monoisotopic (exact) mass is 434 g/mol. The summed E-state index contributed by atoms with van der Waals surface area (Å²) in [4.78, 5) is 14.5. The molecule has 164 valence electrons. The molecule has 33 heavy (non-hydrogen) atoms. The van der Waals surface area contributed by atoms with Crippen LogP contribution >= 0.6 is 0 Å². The third-order valence-electron chi connectivity index (χ3n) is 5.98. The number of benzene rings is 2. The Bertz CT molecular complexity index is 1650. The SMILES string of the molecule is C=C.Cc1nc(C)c2nc(-n3c4ccccc4n4c(C)ccc34)n(-c3ccccc3C)c2n1. The number of nitrogens with zero attached hydrogens (tertiary/aromatic N) is 6. The van der Waals surface area contributed by atoms with E-state index >= 15 is 0 Å². The molecular formula is C27H26N6. The molecule has 0 saturated heterocycles. The zero-order valence-corrected chi connectivity index (χ0v) is 19.4. The number of fused-ring (bicyclic) bond motifs is 4. The lowest BCUT2D eigenvalue weighted by Crippen LogP contribution is -2.07. The molecule has 0 saturated carbocycles. The molecule has 0 unspecified atom stereocenters. The number of rotatable bonds is 2. The van der Waals surface area contributed by atoms with Crippen molar-refractivity contribution < 1.29 is 0 Å². The number of imidazole rings is 2. The summed E-state index contributed by atoms with van der Waals surface area (Å²) in [6.45, 7) is 14.2. The largest absolute Gasteiger partial charge is 0.298 e. The van der Waals surface area contributed by atoms with Gasteiger partial charge in [0, 0.05) is 5.69 Å². The highest BCUT2D eigenvalue weighted by molar-refractivity contribution is 5.86. The van der Waals surface area contributed by atoms with Gasteiger partial charge in [-0.15, -0.1) is 13.2 Å². The molecule has 2 aromatic carbocycles. The predicted molar refractivity (Wildman–Crippen MR) is 135 cm³/mol. The van der Waals surface area contributed by atoms with Crippen molar-refractivity contribution in [1.29, 1.82) is 0 Å². The van der Waals surface area contributed by atoms with Gasteiger partial charge in [-0.25, -0.2) is 15.0 Å². The van der Waals surface area contributed by atoms with E-state index in [-0.39, 0.29) is 0 Å². The van der Waals surface area contributed by atoms with E-state index in [9.17, 15) is 0 Å². The second-order valence-corrected chi connectivity index (χ2v) is 8.05. The summed E-state index contributed by atoms with van der Waals surface area (Å²) in [6.07, 6.45) is 0. The smallest absolute Gasteiger partial charge is 0.223 e. The number of aromatic nitrogens is 6. The van der Waals surface area contributed by atoms with E-state index in [1.54, 1.807) is 0 Å². The summed E-state index contributed by atoms with van der Waals surface area (Å²) in [6, 6.07) is 21.1. The Hall–Kier alpha value is -4.19. The van der Waals surface area contributed by atoms with E-state index < -0.39 is 0 Å². The molecular weight excluding hydrogens is 408 g/mol. The van der Waals surface area contributed by atoms with Gasteiger partial charge in [0.2, 0.25) is 5.95 Å². The van der Waals surface area contributed by atoms with Crippen LogP contribution in [0, 0.1) is 27.7 Å². The number of aryl methyl sites for hydroxylation is 4. The van der Waals surface area contributed by atoms with Gasteiger partial charge >= 0.3 is 0 Å². The van der Waals surface area contributed by atoms with Gasteiger partial charge in [0.15, 0.2) is 5.65 Å². The van der Waals surface area contributed by atoms with Gasteiger partial charge in [-0.2, -0.15) is 0 Å². The van der Waals surface area contributed by atoms with Crippen LogP contribution in [0.1, 0.15) is 22.8 Å². The van der Waals surface area contributed by atoms with Gasteiger partial charge < -0.3 is 0 Å². The summed E-state index contributed by atoms with van der Waals surface area (Å²) in [5, 5.41) is 0. The molecule has 0 bridgehead atoms. The molecule has 0 N–H and O–H groups in total. The van der Waals surface area contributed by atoms with E-state index in [0.717, 1.165) is 56.6 Å². The lowest BCUT2D eigenvalue weighted by molar-refractivity contribution is 0.927. The average Bonchev–Trinajstić information content (AvgIpc) is 3.47. The van der Waals surface area contributed by atoms with Gasteiger partial charge in [0.05, 0.1) is 22.4 Å². The van der Waals surface area contributed by atoms with Gasteiger partial charge in [0.1, 0.15) is 17.0 Å². The van der Waals surface area contributed by atoms with E-state index in [1.807, 2.05) is 13.8 Å². The summed E-state index contributed by atoms with van der Waals surface area (Å²) >= 11 is 0. The Morgan fingerprint density at radius 3 is 2.15 bits per heavy atom. The van der Waals surface area contributed by atoms with E-state index in [1.165, 1.54) is 5.69 Å². The maximum atomic E-state index is 5.11. The van der Waals surface area contributed by atoms with Crippen LogP contribution in [0.5, 0.6) is 0 Å². The Morgan fingerprint density at radius 2 is 1.39 bits per heavy atom. The first kappa shape index (κ1) is 20.7. The van der Waals surface area contributed by atoms with E-state index in [0.29, 0.717) is 0 Å². The van der Waals surface area contributed by atoms with Crippen LogP contribution in [0.4, 0.5) is 0 Å². The highest BCUT2D eigenvalue weighted by atomic mass is 15.3. The molecule has 4 aromatic heterocycles. The third-order valence-corrected chi connectivity index (χ3v) is 5.98. The topological polar surface area (TPSA) is 52.9 Å². The van der Waals surface area contributed by atoms with Crippen LogP contribution in [0.15, 0.2) is 73.8 Å². The standard InChI is InChI=1S/C25H22N6.C2H4/c1-15-9-5-6-10-19(15)31-24-23(17(3)26-18(4)27-24)28-25(31)30-21-12-8-7-11-20(21)29-16(2)13-14-22(29)30;1-2/h5-14H,1-4H3;1-2H2. The molecule has 0 amide bonds. The van der Waals surface area contributed by atoms with Crippen LogP contribution in [0.2, 0.25) is 0 Å². The molecule has 6 aromatic rings. The molecule has 0 spiro atoms. The highest BCUT2D eigenvalue weighted by Crippen LogP contribution is 2.32. The van der Waals surface area contributed by atoms with Crippen molar-refractivity contribution in [3.8, 4) is 11.6 Å². The van der Waals surface area contributed by atoms with Crippen LogP contribution < -0.4 is 0 Å². The lowest BCUT2D eigenvalue weighted by atomic mass is 10.2. The fraction of sp³-hybridized carbons (Fsp3) is 0.148. The van der Waals surface area contributed by atoms with Gasteiger partial charge in [0.25, 0.3) is 0 Å². The quantitative estimate of drug-likeness (QED) is 0.312. The molecule has 0 atom stereocenters. The first-order chi connectivity index (χ1) is 16.0. The second-order valence-electron chi connectivity index (χ2n) is 8.05. The van der Waals surface area contributed by atoms with Gasteiger partial charge in [-0.05, 0) is 63.6 Å². The third kappa shape index (κ3) is 2.98. The summed E-state index contributed by atoms with van der Waals surface area (Å²) in [7, 11) is 0. The zero-order chi connectivity index (χ0) is 23.3. The van der Waals surface area contributed by atoms with Crippen molar-refractivity contribution in [2.75, 3.05) is 0 Å². The Labute approximate surface area is 192 Å². The van der Waals surface area contributed by atoms with Crippen LogP contribution in [0.25, 0.3) is 39.5 Å². The van der Waals surface area contributed by atoms with E-state index in [2.05, 4.69) is 106 Å². The summed E-state index contributed by atoms with van der Waals surface area (Å²) in [5.74, 6) is 1.56. The minimum absolute atomic E-state index is 0.743. The Kier molecular flexibility index (Phi) is 4.86. The summed E-state index contributed by atoms with van der Waals surface area (Å²) < 4.78 is 6.67. The normalized spacial score (nSPS) is 11.3. The summed E-state index contributed by atoms with van der Waals surface area (Å²) in [5.41, 5.74) is 9.29. The van der Waals surface area contributed by atoms with Crippen LogP contribution in [-0.4, -0.2) is 28.5 Å². The first-order valence-electron chi connectivity index (χ1n) is 10.9. The first-order valence-corrected chi connectivity index (χ1v) is 10.9. The highest BCUT2D eigenvalue weighted by Gasteiger charge is 2.23. The van der Waals surface area contributed by atoms with Crippen molar-refractivity contribution in [3.05, 3.63) is 96.6 Å². The second kappa shape index (κ2) is 7.74.